The van der Waals surface area contributed by atoms with Crippen molar-refractivity contribution in [2.24, 2.45) is 0 Å². The molecule has 8 nitrogen and oxygen atoms in total. The molecule has 57 heavy (non-hydrogen) atoms. The molecule has 0 rings (SSSR count). The first-order valence-corrected chi connectivity index (χ1v) is 25.0. The Bertz CT molecular complexity index is 820. The maximum absolute atomic E-state index is 13.1. The third-order valence-electron chi connectivity index (χ3n) is 11.2. The maximum Gasteiger partial charge on any atom is 0.317 e. The fourth-order valence-electron chi connectivity index (χ4n) is 7.48. The number of hydrogen-bond acceptors (Lipinski definition) is 6. The minimum atomic E-state index is 0. The minimum Gasteiger partial charge on any atom is -0.462 e. The summed E-state index contributed by atoms with van der Waals surface area (Å²) in [5, 5.41) is 3.17. The number of nitrogens with zero attached hydrogens (tertiary/aromatic N) is 2. The summed E-state index contributed by atoms with van der Waals surface area (Å²) in [5.74, 6) is 0.00126. The van der Waals surface area contributed by atoms with Gasteiger partial charge < -0.3 is 29.3 Å². The van der Waals surface area contributed by atoms with Crippen LogP contribution in [0.1, 0.15) is 241 Å². The van der Waals surface area contributed by atoms with Gasteiger partial charge in [0.2, 0.25) is 0 Å². The van der Waals surface area contributed by atoms with Crippen LogP contribution in [0.15, 0.2) is 0 Å². The van der Waals surface area contributed by atoms with Gasteiger partial charge in [0.15, 0.2) is 0 Å². The second kappa shape index (κ2) is 45.7. The number of esters is 1. The van der Waals surface area contributed by atoms with Crippen molar-refractivity contribution >= 4 is 12.0 Å². The number of rotatable bonds is 46. The van der Waals surface area contributed by atoms with Crippen LogP contribution in [0.3, 0.4) is 0 Å². The summed E-state index contributed by atoms with van der Waals surface area (Å²) >= 11 is 0. The molecule has 0 saturated carbocycles. The summed E-state index contributed by atoms with van der Waals surface area (Å²) < 4.78 is 17.4. The molecular weight excluding hydrogens is 711 g/mol. The van der Waals surface area contributed by atoms with E-state index in [1.165, 1.54) is 135 Å². The zero-order valence-corrected chi connectivity index (χ0v) is 39.0. The highest BCUT2D eigenvalue weighted by Crippen LogP contribution is 2.18. The van der Waals surface area contributed by atoms with Crippen LogP contribution in [0, 0.1) is 0 Å². The van der Waals surface area contributed by atoms with Gasteiger partial charge in [0.1, 0.15) is 12.9 Å². The molecule has 0 bridgehead atoms. The topological polar surface area (TPSA) is 80.3 Å². The van der Waals surface area contributed by atoms with Gasteiger partial charge in [-0.15, -0.1) is 0 Å². The zero-order valence-electron chi connectivity index (χ0n) is 39.0. The molecule has 0 aliphatic rings. The largest absolute Gasteiger partial charge is 0.462 e. The number of unbranched alkanes of at least 4 members (excludes halogenated alkanes) is 25. The zero-order chi connectivity index (χ0) is 41.7. The van der Waals surface area contributed by atoms with Gasteiger partial charge >= 0.3 is 12.0 Å². The first-order chi connectivity index (χ1) is 27.9. The number of amides is 2. The summed E-state index contributed by atoms with van der Waals surface area (Å²) in [6, 6.07) is 0.0827. The van der Waals surface area contributed by atoms with E-state index < -0.39 is 0 Å². The first kappa shape index (κ1) is 55.6. The minimum absolute atomic E-state index is 0. The molecule has 0 radical (unpaired) electrons. The monoisotopic (exact) mass is 812 g/mol. The van der Waals surface area contributed by atoms with Crippen molar-refractivity contribution in [1.29, 1.82) is 0 Å². The lowest BCUT2D eigenvalue weighted by Crippen LogP contribution is -2.41. The third kappa shape index (κ3) is 42.5. The van der Waals surface area contributed by atoms with Crippen LogP contribution in [0.4, 0.5) is 4.79 Å². The van der Waals surface area contributed by atoms with Crippen LogP contribution in [0.25, 0.3) is 0 Å². The Labute approximate surface area is 356 Å². The second-order valence-corrected chi connectivity index (χ2v) is 17.3. The first-order valence-electron chi connectivity index (χ1n) is 25.0. The summed E-state index contributed by atoms with van der Waals surface area (Å²) in [5.41, 5.74) is 0. The van der Waals surface area contributed by atoms with Crippen molar-refractivity contribution in [2.75, 3.05) is 60.3 Å². The Balaban J connectivity index is 0. The van der Waals surface area contributed by atoms with Crippen LogP contribution >= 0.6 is 0 Å². The van der Waals surface area contributed by atoms with E-state index in [1.54, 1.807) is 0 Å². The maximum atomic E-state index is 13.1. The van der Waals surface area contributed by atoms with E-state index in [0.29, 0.717) is 19.8 Å². The van der Waals surface area contributed by atoms with Crippen molar-refractivity contribution in [3.8, 4) is 0 Å². The molecule has 0 aliphatic carbocycles. The Morgan fingerprint density at radius 3 is 1.35 bits per heavy atom. The second-order valence-electron chi connectivity index (χ2n) is 17.3. The molecule has 342 valence electrons. The van der Waals surface area contributed by atoms with E-state index >= 15 is 0 Å². The molecule has 0 unspecified atom stereocenters. The van der Waals surface area contributed by atoms with Crippen molar-refractivity contribution < 1.29 is 25.2 Å². The molecule has 0 fully saturated rings. The van der Waals surface area contributed by atoms with E-state index in [4.69, 9.17) is 14.2 Å². The molecule has 0 atom stereocenters. The van der Waals surface area contributed by atoms with Crippen molar-refractivity contribution in [2.45, 2.75) is 245 Å². The molecule has 0 aliphatic heterocycles. The van der Waals surface area contributed by atoms with E-state index in [9.17, 15) is 9.59 Å². The fourth-order valence-corrected chi connectivity index (χ4v) is 7.48. The lowest BCUT2D eigenvalue weighted by atomic mass is 10.0. The van der Waals surface area contributed by atoms with Crippen molar-refractivity contribution in [3.63, 3.8) is 0 Å². The number of carbonyl (C=O) groups is 2. The molecule has 0 aromatic carbocycles. The SMILES string of the molecule is CCCCCCCCCOCOCCCCCCCCN(CCCCCCCC(=O)OC(CCCCCCCC)CCCCCCCC)C(=O)NCCCN(C)C.[HH]. The average molecular weight is 812 g/mol. The Morgan fingerprint density at radius 1 is 0.491 bits per heavy atom. The molecular formula is C49H101N3O5. The Morgan fingerprint density at radius 2 is 0.895 bits per heavy atom. The van der Waals surface area contributed by atoms with Gasteiger partial charge in [-0.3, -0.25) is 4.79 Å². The van der Waals surface area contributed by atoms with E-state index in [2.05, 4.69) is 45.1 Å². The van der Waals surface area contributed by atoms with Gasteiger partial charge in [0, 0.05) is 40.7 Å². The van der Waals surface area contributed by atoms with E-state index in [-0.39, 0.29) is 19.5 Å². The van der Waals surface area contributed by atoms with Gasteiger partial charge in [0.05, 0.1) is 0 Å². The molecule has 0 saturated heterocycles. The van der Waals surface area contributed by atoms with Crippen LogP contribution in [0.2, 0.25) is 0 Å². The normalized spacial score (nSPS) is 11.6. The standard InChI is InChI=1S/C49H99N3O5.H2/c1-6-9-12-15-19-27-34-44-55-46-56-45-35-28-20-18-25-32-42-52(49(54)50-40-36-41-51(4)5)43-33-26-21-24-31-39-48(53)57-47(37-29-22-16-13-10-7-2)38-30-23-17-14-11-8-3;/h47H,6-46H2,1-5H3,(H,50,54);1H. The summed E-state index contributed by atoms with van der Waals surface area (Å²) in [4.78, 5) is 30.1. The highest BCUT2D eigenvalue weighted by molar-refractivity contribution is 5.74. The quantitative estimate of drug-likeness (QED) is 0.0375. The highest BCUT2D eigenvalue weighted by Gasteiger charge is 2.15. The van der Waals surface area contributed by atoms with Crippen LogP contribution in [0.5, 0.6) is 0 Å². The lowest BCUT2D eigenvalue weighted by molar-refractivity contribution is -0.150. The Hall–Kier alpha value is -1.38. The molecule has 0 heterocycles. The summed E-state index contributed by atoms with van der Waals surface area (Å²) in [6.07, 6.45) is 40.2. The summed E-state index contributed by atoms with van der Waals surface area (Å²) in [6.45, 7) is 12.1. The smallest absolute Gasteiger partial charge is 0.317 e. The number of nitrogens with one attached hydrogen (secondary N) is 1. The molecule has 0 aromatic heterocycles. The van der Waals surface area contributed by atoms with Gasteiger partial charge in [-0.25, -0.2) is 4.79 Å². The number of carbonyl (C=O) groups excluding carboxylic acids is 2. The van der Waals surface area contributed by atoms with E-state index in [1.807, 2.05) is 4.90 Å². The van der Waals surface area contributed by atoms with Gasteiger partial charge in [-0.2, -0.15) is 0 Å². The fraction of sp³-hybridized carbons (Fsp3) is 0.959. The van der Waals surface area contributed by atoms with E-state index in [0.717, 1.165) is 110 Å². The average Bonchev–Trinajstić information content (AvgIpc) is 3.20. The summed E-state index contributed by atoms with van der Waals surface area (Å²) in [7, 11) is 4.14. The van der Waals surface area contributed by atoms with Crippen molar-refractivity contribution in [1.82, 2.24) is 15.1 Å². The number of ether oxygens (including phenoxy) is 3. The molecule has 0 spiro atoms. The highest BCUT2D eigenvalue weighted by atomic mass is 16.7. The molecule has 2 amide bonds. The predicted molar refractivity (Wildman–Crippen MR) is 246 cm³/mol. The van der Waals surface area contributed by atoms with Gasteiger partial charge in [-0.05, 0) is 84.8 Å². The van der Waals surface area contributed by atoms with Gasteiger partial charge in [-0.1, -0.05) is 168 Å². The molecule has 8 heteroatoms. The molecule has 1 N–H and O–H groups in total. The Kier molecular flexibility index (Phi) is 44.6. The molecule has 0 aromatic rings. The van der Waals surface area contributed by atoms with Gasteiger partial charge in [0.25, 0.3) is 0 Å². The van der Waals surface area contributed by atoms with Crippen LogP contribution in [-0.2, 0) is 19.0 Å². The third-order valence-corrected chi connectivity index (χ3v) is 11.2. The van der Waals surface area contributed by atoms with Crippen molar-refractivity contribution in [3.05, 3.63) is 0 Å². The predicted octanol–water partition coefficient (Wildman–Crippen LogP) is 14.0. The van der Waals surface area contributed by atoms with Crippen LogP contribution < -0.4 is 5.32 Å². The van der Waals surface area contributed by atoms with Crippen LogP contribution in [-0.4, -0.2) is 88.2 Å². The number of urea groups is 1. The lowest BCUT2D eigenvalue weighted by Gasteiger charge is -2.23. The number of hydrogen-bond donors (Lipinski definition) is 1.